The van der Waals surface area contributed by atoms with Crippen LogP contribution in [0.4, 0.5) is 11.6 Å². The lowest BCUT2D eigenvalue weighted by Gasteiger charge is -2.23. The van der Waals surface area contributed by atoms with Gasteiger partial charge in [0, 0.05) is 19.4 Å². The molecule has 0 aliphatic carbocycles. The van der Waals surface area contributed by atoms with Crippen molar-refractivity contribution in [3.63, 3.8) is 0 Å². The van der Waals surface area contributed by atoms with E-state index in [2.05, 4.69) is 15.3 Å². The number of para-hydroxylation sites is 1. The van der Waals surface area contributed by atoms with Gasteiger partial charge >= 0.3 is 11.9 Å². The lowest BCUT2D eigenvalue weighted by atomic mass is 10.1. The molecule has 12 heteroatoms. The molecule has 1 heterocycles. The molecule has 0 radical (unpaired) electrons. The molecule has 3 aromatic rings. The van der Waals surface area contributed by atoms with Crippen molar-refractivity contribution >= 4 is 33.6 Å². The number of ether oxygens (including phenoxy) is 2. The van der Waals surface area contributed by atoms with Crippen LogP contribution in [0.2, 0.25) is 0 Å². The molecule has 184 valence electrons. The van der Waals surface area contributed by atoms with E-state index in [1.165, 1.54) is 37.6 Å². The van der Waals surface area contributed by atoms with E-state index in [1.54, 1.807) is 43.3 Å². The van der Waals surface area contributed by atoms with Crippen LogP contribution in [-0.2, 0) is 19.6 Å². The Bertz CT molecular complexity index is 1270. The second kappa shape index (κ2) is 11.5. The van der Waals surface area contributed by atoms with Gasteiger partial charge in [-0.1, -0.05) is 24.3 Å². The number of hydrogen-bond acceptors (Lipinski definition) is 10. The number of nitrogens with one attached hydrogen (secondary N) is 1. The number of anilines is 2. The van der Waals surface area contributed by atoms with Gasteiger partial charge in [-0.15, -0.1) is 0 Å². The number of nitrogens with two attached hydrogens (primary N) is 1. The summed E-state index contributed by atoms with van der Waals surface area (Å²) < 4.78 is 36.8. The third-order valence-electron chi connectivity index (χ3n) is 4.82. The Morgan fingerprint density at radius 3 is 2.40 bits per heavy atom. The van der Waals surface area contributed by atoms with E-state index in [0.29, 0.717) is 12.4 Å². The first-order valence-corrected chi connectivity index (χ1v) is 12.0. The molecule has 2 aromatic carbocycles. The predicted octanol–water partition coefficient (Wildman–Crippen LogP) is 2.30. The number of aromatic nitrogens is 2. The summed E-state index contributed by atoms with van der Waals surface area (Å²) in [5.74, 6) is -1.45. The second-order valence-corrected chi connectivity index (χ2v) is 9.17. The number of rotatable bonds is 10. The number of carbonyl (C=O) groups excluding carboxylic acids is 2. The standard InChI is InChI=1S/C23H25N5O6S/c1-3-33-18-12-7-11-17(21(18)27-23-25-13-8-14-26-23)22(30)34-20(29)15-19(24)28(2)35(31,32)16-9-5-4-6-10-16/h4-14,19H,3,15,24H2,1-2H3,(H,25,26,27)/t19-/m0/s1. The molecule has 0 aliphatic rings. The van der Waals surface area contributed by atoms with Gasteiger partial charge in [0.15, 0.2) is 0 Å². The predicted molar refractivity (Wildman–Crippen MR) is 127 cm³/mol. The van der Waals surface area contributed by atoms with E-state index >= 15 is 0 Å². The maximum absolute atomic E-state index is 12.8. The molecule has 1 atom stereocenters. The van der Waals surface area contributed by atoms with Crippen molar-refractivity contribution in [3.05, 3.63) is 72.6 Å². The maximum atomic E-state index is 12.8. The van der Waals surface area contributed by atoms with E-state index in [4.69, 9.17) is 15.2 Å². The van der Waals surface area contributed by atoms with Crippen LogP contribution in [0.5, 0.6) is 5.75 Å². The van der Waals surface area contributed by atoms with Crippen LogP contribution in [0.3, 0.4) is 0 Å². The molecule has 0 fully saturated rings. The number of carbonyl (C=O) groups is 2. The van der Waals surface area contributed by atoms with E-state index in [9.17, 15) is 18.0 Å². The maximum Gasteiger partial charge on any atom is 0.348 e. The molecule has 0 unspecified atom stereocenters. The topological polar surface area (TPSA) is 154 Å². The zero-order valence-corrected chi connectivity index (χ0v) is 19.9. The van der Waals surface area contributed by atoms with Crippen LogP contribution in [0.15, 0.2) is 71.9 Å². The summed E-state index contributed by atoms with van der Waals surface area (Å²) in [5.41, 5.74) is 6.15. The van der Waals surface area contributed by atoms with Gasteiger partial charge in [0.25, 0.3) is 0 Å². The number of benzene rings is 2. The van der Waals surface area contributed by atoms with Crippen molar-refractivity contribution in [1.82, 2.24) is 14.3 Å². The molecule has 3 N–H and O–H groups in total. The van der Waals surface area contributed by atoms with E-state index in [-0.39, 0.29) is 22.1 Å². The van der Waals surface area contributed by atoms with Crippen molar-refractivity contribution in [3.8, 4) is 5.75 Å². The van der Waals surface area contributed by atoms with Gasteiger partial charge in [0.2, 0.25) is 16.0 Å². The largest absolute Gasteiger partial charge is 0.492 e. The Hall–Kier alpha value is -3.87. The molecule has 3 rings (SSSR count). The summed E-state index contributed by atoms with van der Waals surface area (Å²) in [6.07, 6.45) is 1.22. The molecule has 0 amide bonds. The average molecular weight is 500 g/mol. The Labute approximate surface area is 202 Å². The van der Waals surface area contributed by atoms with Gasteiger partial charge in [-0.25, -0.2) is 23.2 Å². The van der Waals surface area contributed by atoms with Gasteiger partial charge in [-0.2, -0.15) is 4.31 Å². The summed E-state index contributed by atoms with van der Waals surface area (Å²) in [5, 5.41) is 2.91. The summed E-state index contributed by atoms with van der Waals surface area (Å²) in [4.78, 5) is 33.5. The fourth-order valence-electron chi connectivity index (χ4n) is 3.02. The van der Waals surface area contributed by atoms with E-state index in [0.717, 1.165) is 4.31 Å². The molecule has 0 bridgehead atoms. The van der Waals surface area contributed by atoms with Gasteiger partial charge in [-0.3, -0.25) is 4.79 Å². The second-order valence-electron chi connectivity index (χ2n) is 7.18. The van der Waals surface area contributed by atoms with Crippen LogP contribution in [0.1, 0.15) is 23.7 Å². The van der Waals surface area contributed by atoms with Crippen LogP contribution >= 0.6 is 0 Å². The van der Waals surface area contributed by atoms with Crippen LogP contribution in [0, 0.1) is 0 Å². The van der Waals surface area contributed by atoms with Crippen LogP contribution in [-0.4, -0.2) is 54.4 Å². The van der Waals surface area contributed by atoms with Gasteiger partial charge in [-0.05, 0) is 37.3 Å². The zero-order chi connectivity index (χ0) is 25.4. The lowest BCUT2D eigenvalue weighted by molar-refractivity contribution is -0.138. The molecule has 35 heavy (non-hydrogen) atoms. The molecule has 0 aliphatic heterocycles. The number of sulfonamides is 1. The highest BCUT2D eigenvalue weighted by molar-refractivity contribution is 7.89. The highest BCUT2D eigenvalue weighted by Crippen LogP contribution is 2.31. The summed E-state index contributed by atoms with van der Waals surface area (Å²) in [7, 11) is -2.70. The first-order valence-electron chi connectivity index (χ1n) is 10.6. The molecule has 0 saturated carbocycles. The van der Waals surface area contributed by atoms with Crippen molar-refractivity contribution < 1.29 is 27.5 Å². The van der Waals surface area contributed by atoms with Gasteiger partial charge in [0.1, 0.15) is 5.75 Å². The van der Waals surface area contributed by atoms with Gasteiger partial charge in [0.05, 0.1) is 35.3 Å². The molecule has 1 aromatic heterocycles. The first-order chi connectivity index (χ1) is 16.7. The third-order valence-corrected chi connectivity index (χ3v) is 6.72. The zero-order valence-electron chi connectivity index (χ0n) is 19.1. The smallest absolute Gasteiger partial charge is 0.348 e. The van der Waals surface area contributed by atoms with Crippen molar-refractivity contribution in [2.45, 2.75) is 24.4 Å². The first kappa shape index (κ1) is 25.7. The van der Waals surface area contributed by atoms with Crippen molar-refractivity contribution in [1.29, 1.82) is 0 Å². The van der Waals surface area contributed by atoms with E-state index < -0.39 is 34.5 Å². The minimum Gasteiger partial charge on any atom is -0.492 e. The Balaban J connectivity index is 1.74. The minimum atomic E-state index is -3.94. The molecular formula is C23H25N5O6S. The molecule has 11 nitrogen and oxygen atoms in total. The lowest BCUT2D eigenvalue weighted by Crippen LogP contribution is -2.44. The summed E-state index contributed by atoms with van der Waals surface area (Å²) >= 11 is 0. The normalized spacial score (nSPS) is 12.1. The van der Waals surface area contributed by atoms with Crippen molar-refractivity contribution in [2.24, 2.45) is 5.73 Å². The van der Waals surface area contributed by atoms with Crippen LogP contribution in [0.25, 0.3) is 0 Å². The highest BCUT2D eigenvalue weighted by Gasteiger charge is 2.29. The fourth-order valence-corrected chi connectivity index (χ4v) is 4.28. The van der Waals surface area contributed by atoms with Crippen LogP contribution < -0.4 is 15.8 Å². The summed E-state index contributed by atoms with van der Waals surface area (Å²) in [6.45, 7) is 2.09. The van der Waals surface area contributed by atoms with E-state index in [1.807, 2.05) is 0 Å². The Morgan fingerprint density at radius 2 is 1.74 bits per heavy atom. The number of hydrogen-bond donors (Lipinski definition) is 2. The fraction of sp³-hybridized carbons (Fsp3) is 0.217. The number of nitrogens with zero attached hydrogens (tertiary/aromatic N) is 3. The highest BCUT2D eigenvalue weighted by atomic mass is 32.2. The van der Waals surface area contributed by atoms with Crippen molar-refractivity contribution in [2.75, 3.05) is 19.0 Å². The number of esters is 2. The third kappa shape index (κ3) is 6.38. The Morgan fingerprint density at radius 1 is 1.06 bits per heavy atom. The van der Waals surface area contributed by atoms with Gasteiger partial charge < -0.3 is 20.5 Å². The quantitative estimate of drug-likeness (QED) is 0.241. The molecular weight excluding hydrogens is 474 g/mol. The molecule has 0 spiro atoms. The minimum absolute atomic E-state index is 0.00409. The Kier molecular flexibility index (Phi) is 8.47. The SMILES string of the molecule is CCOc1cccc(C(=O)OC(=O)C[C@@H](N)N(C)S(=O)(=O)c2ccccc2)c1Nc1ncccn1. The monoisotopic (exact) mass is 499 g/mol. The summed E-state index contributed by atoms with van der Waals surface area (Å²) in [6, 6.07) is 13.9. The average Bonchev–Trinajstić information content (AvgIpc) is 2.85. The molecule has 0 saturated heterocycles.